The first-order chi connectivity index (χ1) is 6.65. The molecule has 0 atom stereocenters. The van der Waals surface area contributed by atoms with Crippen molar-refractivity contribution < 1.29 is 5.11 Å². The summed E-state index contributed by atoms with van der Waals surface area (Å²) in [7, 11) is 0. The first kappa shape index (κ1) is 8.95. The highest BCUT2D eigenvalue weighted by atomic mass is 16.3. The van der Waals surface area contributed by atoms with E-state index < -0.39 is 16.8 Å². The Hall–Kier alpha value is -1.63. The molecule has 1 saturated carbocycles. The van der Waals surface area contributed by atoms with Crippen molar-refractivity contribution >= 4 is 5.82 Å². The molecule has 7 heteroatoms. The maximum atomic E-state index is 11.2. The molecule has 0 radical (unpaired) electrons. The van der Waals surface area contributed by atoms with Gasteiger partial charge in [-0.1, -0.05) is 0 Å². The van der Waals surface area contributed by atoms with Gasteiger partial charge in [0.15, 0.2) is 0 Å². The second-order valence-corrected chi connectivity index (χ2v) is 3.42. The zero-order valence-electron chi connectivity index (χ0n) is 7.33. The Kier molecular flexibility index (Phi) is 1.88. The molecule has 0 unspecified atom stereocenters. The first-order valence-electron chi connectivity index (χ1n) is 4.23. The molecule has 1 heterocycles. The average Bonchev–Trinajstić information content (AvgIpc) is 2.91. The van der Waals surface area contributed by atoms with E-state index in [2.05, 4.69) is 15.5 Å². The number of aromatic amines is 2. The van der Waals surface area contributed by atoms with E-state index >= 15 is 0 Å². The quantitative estimate of drug-likeness (QED) is 0.467. The number of H-pyrrole nitrogens is 2. The molecule has 1 aliphatic rings. The van der Waals surface area contributed by atoms with Crippen LogP contribution in [0.3, 0.4) is 0 Å². The van der Waals surface area contributed by atoms with Gasteiger partial charge in [0.25, 0.3) is 5.56 Å². The molecule has 0 saturated heterocycles. The molecule has 4 N–H and O–H groups in total. The molecule has 0 spiro atoms. The van der Waals surface area contributed by atoms with Gasteiger partial charge < -0.3 is 10.4 Å². The van der Waals surface area contributed by atoms with Crippen molar-refractivity contribution in [2.45, 2.75) is 18.4 Å². The minimum atomic E-state index is -0.644. The van der Waals surface area contributed by atoms with Crippen molar-refractivity contribution in [3.05, 3.63) is 20.8 Å². The predicted molar refractivity (Wildman–Crippen MR) is 48.2 cm³/mol. The Labute approximate surface area is 78.2 Å². The molecule has 1 aromatic rings. The molecule has 0 amide bonds. The van der Waals surface area contributed by atoms with E-state index in [4.69, 9.17) is 5.11 Å². The van der Waals surface area contributed by atoms with E-state index in [-0.39, 0.29) is 12.4 Å². The molecule has 0 aliphatic heterocycles. The topological polar surface area (TPSA) is 111 Å². The van der Waals surface area contributed by atoms with Crippen LogP contribution in [-0.2, 0) is 0 Å². The average molecular weight is 198 g/mol. The minimum absolute atomic E-state index is 0.0381. The van der Waals surface area contributed by atoms with E-state index in [9.17, 15) is 9.59 Å². The third-order valence-corrected chi connectivity index (χ3v) is 2.25. The number of aromatic nitrogens is 3. The maximum Gasteiger partial charge on any atom is 0.342 e. The van der Waals surface area contributed by atoms with E-state index in [0.717, 1.165) is 12.8 Å². The van der Waals surface area contributed by atoms with Crippen LogP contribution in [0.1, 0.15) is 12.8 Å². The lowest BCUT2D eigenvalue weighted by molar-refractivity contribution is 0.265. The van der Waals surface area contributed by atoms with Crippen molar-refractivity contribution in [2.75, 3.05) is 11.9 Å². The summed E-state index contributed by atoms with van der Waals surface area (Å²) in [4.78, 5) is 23.9. The summed E-state index contributed by atoms with van der Waals surface area (Å²) < 4.78 is 0. The number of nitrogens with zero attached hydrogens (tertiary/aromatic N) is 1. The van der Waals surface area contributed by atoms with Gasteiger partial charge in [-0.15, -0.1) is 5.10 Å². The fraction of sp³-hybridized carbons (Fsp3) is 0.571. The number of aliphatic hydroxyl groups excluding tert-OH is 1. The Bertz CT molecular complexity index is 445. The van der Waals surface area contributed by atoms with Gasteiger partial charge in [-0.25, -0.2) is 9.89 Å². The highest BCUT2D eigenvalue weighted by molar-refractivity contribution is 5.36. The summed E-state index contributed by atoms with van der Waals surface area (Å²) in [6, 6.07) is 0. The van der Waals surface area contributed by atoms with Crippen LogP contribution in [0, 0.1) is 0 Å². The van der Waals surface area contributed by atoms with Gasteiger partial charge in [-0.2, -0.15) is 0 Å². The molecular weight excluding hydrogens is 188 g/mol. The van der Waals surface area contributed by atoms with Crippen LogP contribution >= 0.6 is 0 Å². The largest absolute Gasteiger partial charge is 0.394 e. The predicted octanol–water partition coefficient (Wildman–Crippen LogP) is -1.61. The Balaban J connectivity index is 2.26. The zero-order valence-corrected chi connectivity index (χ0v) is 7.33. The van der Waals surface area contributed by atoms with Gasteiger partial charge in [-0.05, 0) is 12.8 Å². The molecule has 76 valence electrons. The Morgan fingerprint density at radius 2 is 2.21 bits per heavy atom. The van der Waals surface area contributed by atoms with Crippen molar-refractivity contribution in [3.8, 4) is 0 Å². The van der Waals surface area contributed by atoms with Crippen molar-refractivity contribution in [1.29, 1.82) is 0 Å². The molecule has 14 heavy (non-hydrogen) atoms. The molecule has 1 aliphatic carbocycles. The summed E-state index contributed by atoms with van der Waals surface area (Å²) in [5, 5.41) is 17.4. The number of rotatable bonds is 3. The lowest BCUT2D eigenvalue weighted by atomic mass is 10.3. The second-order valence-electron chi connectivity index (χ2n) is 3.42. The van der Waals surface area contributed by atoms with E-state index in [1.807, 2.05) is 4.98 Å². The highest BCUT2D eigenvalue weighted by Gasteiger charge is 2.42. The van der Waals surface area contributed by atoms with Crippen molar-refractivity contribution in [3.63, 3.8) is 0 Å². The van der Waals surface area contributed by atoms with Gasteiger partial charge in [0.1, 0.15) is 0 Å². The van der Waals surface area contributed by atoms with Crippen LogP contribution in [0.25, 0.3) is 0 Å². The molecule has 2 rings (SSSR count). The second kappa shape index (κ2) is 2.95. The van der Waals surface area contributed by atoms with Gasteiger partial charge in [0, 0.05) is 0 Å². The van der Waals surface area contributed by atoms with Gasteiger partial charge in [0.2, 0.25) is 5.82 Å². The normalized spacial score (nSPS) is 17.8. The van der Waals surface area contributed by atoms with E-state index in [1.54, 1.807) is 0 Å². The van der Waals surface area contributed by atoms with Crippen LogP contribution in [0.15, 0.2) is 9.59 Å². The van der Waals surface area contributed by atoms with Gasteiger partial charge in [0.05, 0.1) is 12.1 Å². The lowest BCUT2D eigenvalue weighted by Crippen LogP contribution is -2.33. The van der Waals surface area contributed by atoms with Gasteiger partial charge in [-0.3, -0.25) is 9.78 Å². The maximum absolute atomic E-state index is 11.2. The van der Waals surface area contributed by atoms with E-state index in [1.165, 1.54) is 0 Å². The van der Waals surface area contributed by atoms with Crippen molar-refractivity contribution in [1.82, 2.24) is 15.2 Å². The summed E-state index contributed by atoms with van der Waals surface area (Å²) in [5.41, 5.74) is -1.64. The Morgan fingerprint density at radius 3 is 2.71 bits per heavy atom. The number of nitrogens with one attached hydrogen (secondary N) is 3. The van der Waals surface area contributed by atoms with Crippen LogP contribution < -0.4 is 16.6 Å². The fourth-order valence-corrected chi connectivity index (χ4v) is 1.16. The molecule has 0 aromatic carbocycles. The highest BCUT2D eigenvalue weighted by Crippen LogP contribution is 2.36. The van der Waals surface area contributed by atoms with Crippen LogP contribution in [0.4, 0.5) is 5.82 Å². The summed E-state index contributed by atoms with van der Waals surface area (Å²) in [6.45, 7) is -0.0484. The fourth-order valence-electron chi connectivity index (χ4n) is 1.16. The summed E-state index contributed by atoms with van der Waals surface area (Å²) in [6.07, 6.45) is 1.59. The van der Waals surface area contributed by atoms with Crippen LogP contribution in [-0.4, -0.2) is 32.4 Å². The third kappa shape index (κ3) is 1.53. The standard InChI is InChI=1S/C7H10N4O3/c12-3-7(1-2-7)9-4-5(13)8-6(14)11-10-4/h12H,1-3H2,(H,9,10)(H2,8,11,13,14). The number of hydrogen-bond donors (Lipinski definition) is 4. The first-order valence-corrected chi connectivity index (χ1v) is 4.23. The lowest BCUT2D eigenvalue weighted by Gasteiger charge is -2.12. The van der Waals surface area contributed by atoms with Crippen molar-refractivity contribution in [2.24, 2.45) is 0 Å². The molecular formula is C7H10N4O3. The molecule has 1 aromatic heterocycles. The zero-order chi connectivity index (χ0) is 10.2. The van der Waals surface area contributed by atoms with Crippen LogP contribution in [0.2, 0.25) is 0 Å². The SMILES string of the molecule is O=c1[nH]nc(NC2(CO)CC2)c(=O)[nH]1. The minimum Gasteiger partial charge on any atom is -0.394 e. The smallest absolute Gasteiger partial charge is 0.342 e. The monoisotopic (exact) mass is 198 g/mol. The number of anilines is 1. The molecule has 7 nitrogen and oxygen atoms in total. The third-order valence-electron chi connectivity index (χ3n) is 2.25. The van der Waals surface area contributed by atoms with Crippen LogP contribution in [0.5, 0.6) is 0 Å². The summed E-state index contributed by atoms with van der Waals surface area (Å²) in [5.74, 6) is 0.0381. The number of aliphatic hydroxyl groups is 1. The molecule has 0 bridgehead atoms. The molecule has 1 fully saturated rings. The summed E-state index contributed by atoms with van der Waals surface area (Å²) >= 11 is 0. The van der Waals surface area contributed by atoms with E-state index in [0.29, 0.717) is 0 Å². The Morgan fingerprint density at radius 1 is 1.50 bits per heavy atom. The van der Waals surface area contributed by atoms with Gasteiger partial charge >= 0.3 is 5.69 Å². The number of hydrogen-bond acceptors (Lipinski definition) is 5.